The first-order valence-electron chi connectivity index (χ1n) is 6.91. The summed E-state index contributed by atoms with van der Waals surface area (Å²) in [7, 11) is 0. The minimum atomic E-state index is 0.0257. The predicted octanol–water partition coefficient (Wildman–Crippen LogP) is 2.94. The van der Waals surface area contributed by atoms with Crippen LogP contribution >= 0.6 is 11.6 Å². The molecule has 0 radical (unpaired) electrons. The van der Waals surface area contributed by atoms with E-state index in [2.05, 4.69) is 26.8 Å². The molecule has 0 saturated carbocycles. The highest BCUT2D eigenvalue weighted by Crippen LogP contribution is 2.25. The molecule has 6 heteroatoms. The van der Waals surface area contributed by atoms with Crippen molar-refractivity contribution in [3.8, 4) is 6.01 Å². The maximum atomic E-state index is 5.94. The number of nitrogens with zero attached hydrogens (tertiary/aromatic N) is 4. The second-order valence-electron chi connectivity index (χ2n) is 5.24. The maximum absolute atomic E-state index is 5.94. The number of aromatic nitrogens is 3. The van der Waals surface area contributed by atoms with Gasteiger partial charge >= 0.3 is 6.01 Å². The average Bonchev–Trinajstić information content (AvgIpc) is 2.76. The van der Waals surface area contributed by atoms with Crippen LogP contribution in [0.1, 0.15) is 40.0 Å². The monoisotopic (exact) mass is 284 g/mol. The van der Waals surface area contributed by atoms with Gasteiger partial charge in [-0.2, -0.15) is 15.0 Å². The Bertz CT molecular complexity index is 427. The van der Waals surface area contributed by atoms with Gasteiger partial charge in [-0.3, -0.25) is 0 Å². The predicted molar refractivity (Wildman–Crippen MR) is 75.8 cm³/mol. The van der Waals surface area contributed by atoms with Crippen LogP contribution in [0.15, 0.2) is 0 Å². The summed E-state index contributed by atoms with van der Waals surface area (Å²) < 4.78 is 5.50. The smallest absolute Gasteiger partial charge is 0.322 e. The van der Waals surface area contributed by atoms with Gasteiger partial charge < -0.3 is 9.64 Å². The highest BCUT2D eigenvalue weighted by Gasteiger charge is 2.24. The van der Waals surface area contributed by atoms with Crippen molar-refractivity contribution < 1.29 is 4.74 Å². The largest absolute Gasteiger partial charge is 0.461 e. The third-order valence-corrected chi connectivity index (χ3v) is 3.35. The summed E-state index contributed by atoms with van der Waals surface area (Å²) >= 11 is 5.94. The molecule has 0 aliphatic carbocycles. The molecule has 1 unspecified atom stereocenters. The standard InChI is InChI=1S/C13H21ClN4O/c1-4-5-10-6-7-18(8-10)12-15-11(14)16-13(17-12)19-9(2)3/h9-10H,4-8H2,1-3H3. The van der Waals surface area contributed by atoms with Gasteiger partial charge in [-0.15, -0.1) is 0 Å². The van der Waals surface area contributed by atoms with Crippen molar-refractivity contribution in [2.24, 2.45) is 5.92 Å². The number of ether oxygens (including phenoxy) is 1. The summed E-state index contributed by atoms with van der Waals surface area (Å²) in [4.78, 5) is 14.7. The van der Waals surface area contributed by atoms with E-state index < -0.39 is 0 Å². The molecule has 0 N–H and O–H groups in total. The van der Waals surface area contributed by atoms with Gasteiger partial charge in [-0.1, -0.05) is 13.3 Å². The van der Waals surface area contributed by atoms with E-state index in [-0.39, 0.29) is 11.4 Å². The first-order valence-corrected chi connectivity index (χ1v) is 7.29. The third-order valence-electron chi connectivity index (χ3n) is 3.18. The van der Waals surface area contributed by atoms with Gasteiger partial charge in [0.15, 0.2) is 0 Å². The van der Waals surface area contributed by atoms with Gasteiger partial charge in [0.05, 0.1) is 6.10 Å². The van der Waals surface area contributed by atoms with Gasteiger partial charge in [0.1, 0.15) is 0 Å². The van der Waals surface area contributed by atoms with Gasteiger partial charge in [0, 0.05) is 13.1 Å². The molecule has 1 aromatic rings. The second-order valence-corrected chi connectivity index (χ2v) is 5.58. The number of hydrogen-bond donors (Lipinski definition) is 0. The highest BCUT2D eigenvalue weighted by atomic mass is 35.5. The van der Waals surface area contributed by atoms with E-state index in [1.165, 1.54) is 19.3 Å². The van der Waals surface area contributed by atoms with Crippen molar-refractivity contribution in [2.75, 3.05) is 18.0 Å². The van der Waals surface area contributed by atoms with Crippen molar-refractivity contribution in [1.82, 2.24) is 15.0 Å². The van der Waals surface area contributed by atoms with Crippen LogP contribution in [0.4, 0.5) is 5.95 Å². The number of halogens is 1. The minimum absolute atomic E-state index is 0.0257. The van der Waals surface area contributed by atoms with Crippen LogP contribution in [-0.2, 0) is 0 Å². The Morgan fingerprint density at radius 1 is 1.37 bits per heavy atom. The number of rotatable bonds is 5. The zero-order valence-corrected chi connectivity index (χ0v) is 12.5. The fraction of sp³-hybridized carbons (Fsp3) is 0.769. The molecule has 0 bridgehead atoms. The summed E-state index contributed by atoms with van der Waals surface area (Å²) in [5.74, 6) is 1.37. The summed E-state index contributed by atoms with van der Waals surface area (Å²) in [5, 5.41) is 0.194. The van der Waals surface area contributed by atoms with Crippen LogP contribution in [0, 0.1) is 5.92 Å². The summed E-state index contributed by atoms with van der Waals surface area (Å²) in [6.07, 6.45) is 3.69. The molecular formula is C13H21ClN4O. The molecule has 1 atom stereocenters. The van der Waals surface area contributed by atoms with Gasteiger partial charge in [-0.05, 0) is 44.2 Å². The van der Waals surface area contributed by atoms with E-state index in [0.29, 0.717) is 12.0 Å². The quantitative estimate of drug-likeness (QED) is 0.832. The number of anilines is 1. The molecule has 2 heterocycles. The first kappa shape index (κ1) is 14.3. The lowest BCUT2D eigenvalue weighted by Gasteiger charge is -2.17. The van der Waals surface area contributed by atoms with E-state index >= 15 is 0 Å². The zero-order valence-electron chi connectivity index (χ0n) is 11.8. The van der Waals surface area contributed by atoms with Crippen LogP contribution in [0.5, 0.6) is 6.01 Å². The van der Waals surface area contributed by atoms with Crippen molar-refractivity contribution >= 4 is 17.5 Å². The Hall–Kier alpha value is -1.10. The molecule has 2 rings (SSSR count). The molecule has 1 aliphatic heterocycles. The molecule has 5 nitrogen and oxygen atoms in total. The molecule has 1 aromatic heterocycles. The second kappa shape index (κ2) is 6.37. The van der Waals surface area contributed by atoms with Crippen molar-refractivity contribution in [3.05, 3.63) is 5.28 Å². The molecule has 106 valence electrons. The van der Waals surface area contributed by atoms with E-state index in [1.807, 2.05) is 13.8 Å². The zero-order chi connectivity index (χ0) is 13.8. The summed E-state index contributed by atoms with van der Waals surface area (Å²) in [6.45, 7) is 8.06. The summed E-state index contributed by atoms with van der Waals surface area (Å²) in [6, 6.07) is 0.309. The van der Waals surface area contributed by atoms with E-state index in [9.17, 15) is 0 Å². The molecule has 1 saturated heterocycles. The SMILES string of the molecule is CCCC1CCN(c2nc(Cl)nc(OC(C)C)n2)C1. The van der Waals surface area contributed by atoms with Crippen molar-refractivity contribution in [3.63, 3.8) is 0 Å². The van der Waals surface area contributed by atoms with Crippen LogP contribution in [-0.4, -0.2) is 34.1 Å². The topological polar surface area (TPSA) is 51.1 Å². The lowest BCUT2D eigenvalue weighted by molar-refractivity contribution is 0.221. The van der Waals surface area contributed by atoms with E-state index in [1.54, 1.807) is 0 Å². The van der Waals surface area contributed by atoms with Crippen LogP contribution in [0.25, 0.3) is 0 Å². The molecule has 0 amide bonds. The maximum Gasteiger partial charge on any atom is 0.322 e. The minimum Gasteiger partial charge on any atom is -0.461 e. The fourth-order valence-corrected chi connectivity index (χ4v) is 2.53. The lowest BCUT2D eigenvalue weighted by Crippen LogP contribution is -2.23. The molecule has 0 aromatic carbocycles. The summed E-state index contributed by atoms with van der Waals surface area (Å²) in [5.41, 5.74) is 0. The molecule has 1 aliphatic rings. The Balaban J connectivity index is 2.09. The van der Waals surface area contributed by atoms with Gasteiger partial charge in [-0.25, -0.2) is 0 Å². The van der Waals surface area contributed by atoms with Crippen molar-refractivity contribution in [2.45, 2.75) is 46.1 Å². The normalized spacial score (nSPS) is 19.2. The first-order chi connectivity index (χ1) is 9.08. The average molecular weight is 285 g/mol. The van der Waals surface area contributed by atoms with Crippen LogP contribution in [0.3, 0.4) is 0 Å². The number of hydrogen-bond acceptors (Lipinski definition) is 5. The Morgan fingerprint density at radius 3 is 2.84 bits per heavy atom. The van der Waals surface area contributed by atoms with Gasteiger partial charge in [0.2, 0.25) is 11.2 Å². The van der Waals surface area contributed by atoms with Gasteiger partial charge in [0.25, 0.3) is 0 Å². The third kappa shape index (κ3) is 3.93. The van der Waals surface area contributed by atoms with Crippen molar-refractivity contribution in [1.29, 1.82) is 0 Å². The van der Waals surface area contributed by atoms with E-state index in [0.717, 1.165) is 19.0 Å². The molecular weight excluding hydrogens is 264 g/mol. The Morgan fingerprint density at radius 2 is 2.16 bits per heavy atom. The Labute approximate surface area is 119 Å². The molecule has 1 fully saturated rings. The van der Waals surface area contributed by atoms with Crippen LogP contribution < -0.4 is 9.64 Å². The lowest BCUT2D eigenvalue weighted by atomic mass is 10.0. The Kier molecular flexibility index (Phi) is 4.80. The fourth-order valence-electron chi connectivity index (χ4n) is 2.39. The van der Waals surface area contributed by atoms with Crippen LogP contribution in [0.2, 0.25) is 5.28 Å². The molecule has 19 heavy (non-hydrogen) atoms. The van der Waals surface area contributed by atoms with E-state index in [4.69, 9.17) is 16.3 Å². The molecule has 0 spiro atoms. The highest BCUT2D eigenvalue weighted by molar-refractivity contribution is 6.28.